The predicted molar refractivity (Wildman–Crippen MR) is 299 cm³/mol. The fraction of sp³-hybridized carbons (Fsp3) is 0.464. The summed E-state index contributed by atoms with van der Waals surface area (Å²) in [6, 6.07) is 18.3. The lowest BCUT2D eigenvalue weighted by Gasteiger charge is -2.29. The van der Waals surface area contributed by atoms with Crippen LogP contribution in [0.15, 0.2) is 84.9 Å². The number of alkyl halides is 13. The average molecular weight is 1270 g/mol. The highest BCUT2D eigenvalue weighted by molar-refractivity contribution is 9.08. The number of para-hydroxylation sites is 4. The summed E-state index contributed by atoms with van der Waals surface area (Å²) in [6.45, 7) is 7.04. The second kappa shape index (κ2) is 27.3. The van der Waals surface area contributed by atoms with E-state index in [1.165, 1.54) is 62.3 Å². The normalized spacial score (nSPS) is 14.3. The molecule has 0 radical (unpaired) electrons. The summed E-state index contributed by atoms with van der Waals surface area (Å²) in [5, 5.41) is 26.0. The molecule has 0 atom stereocenters. The Morgan fingerprint density at radius 3 is 1.29 bits per heavy atom. The van der Waals surface area contributed by atoms with Gasteiger partial charge in [0, 0.05) is 44.6 Å². The van der Waals surface area contributed by atoms with Crippen LogP contribution in [0.5, 0.6) is 0 Å². The molecule has 29 heteroatoms. The zero-order chi connectivity index (χ0) is 61.3. The molecular formula is C56H61BrF12N16. The number of benzene rings is 4. The Morgan fingerprint density at radius 1 is 0.506 bits per heavy atom. The minimum Gasteiger partial charge on any atom is -0.355 e. The highest BCUT2D eigenvalue weighted by Crippen LogP contribution is 2.39. The van der Waals surface area contributed by atoms with E-state index in [4.69, 9.17) is 19.9 Å². The van der Waals surface area contributed by atoms with Crippen LogP contribution in [0.1, 0.15) is 110 Å². The van der Waals surface area contributed by atoms with Crippen LogP contribution in [-0.2, 0) is 63.8 Å². The minimum atomic E-state index is -4.97. The molecule has 0 aliphatic heterocycles. The topological polar surface area (TPSA) is 161 Å². The molecule has 0 bridgehead atoms. The Morgan fingerprint density at radius 2 is 0.906 bits per heavy atom. The summed E-state index contributed by atoms with van der Waals surface area (Å²) in [6.07, 6.45) is -9.63. The molecule has 0 amide bonds. The third-order valence-electron chi connectivity index (χ3n) is 14.4. The summed E-state index contributed by atoms with van der Waals surface area (Å²) in [7, 11) is 2.98. The molecule has 2 aliphatic carbocycles. The van der Waals surface area contributed by atoms with Crippen molar-refractivity contribution in [2.45, 2.75) is 115 Å². The molecule has 2 fully saturated rings. The first-order chi connectivity index (χ1) is 40.3. The second-order valence-electron chi connectivity index (χ2n) is 20.7. The highest BCUT2D eigenvalue weighted by Gasteiger charge is 2.39. The maximum absolute atomic E-state index is 13.6. The van der Waals surface area contributed by atoms with Crippen LogP contribution in [-0.4, -0.2) is 86.5 Å². The van der Waals surface area contributed by atoms with Gasteiger partial charge in [-0.05, 0) is 134 Å². The van der Waals surface area contributed by atoms with E-state index in [1.807, 2.05) is 49.4 Å². The monoisotopic (exact) mass is 1260 g/mol. The van der Waals surface area contributed by atoms with E-state index >= 15 is 0 Å². The van der Waals surface area contributed by atoms with Gasteiger partial charge < -0.3 is 20.0 Å². The van der Waals surface area contributed by atoms with E-state index in [2.05, 4.69) is 68.8 Å². The number of aromatic nitrogens is 12. The third-order valence-corrected chi connectivity index (χ3v) is 14.9. The van der Waals surface area contributed by atoms with Crippen LogP contribution < -0.4 is 20.0 Å². The first-order valence-electron chi connectivity index (χ1n) is 27.4. The van der Waals surface area contributed by atoms with Crippen LogP contribution in [0.3, 0.4) is 0 Å². The van der Waals surface area contributed by atoms with Gasteiger partial charge >= 0.3 is 24.7 Å². The molecule has 4 heterocycles. The minimum absolute atomic E-state index is 0.00605. The van der Waals surface area contributed by atoms with Crippen molar-refractivity contribution in [1.29, 1.82) is 0 Å². The molecule has 0 spiro atoms. The number of hydrogen-bond donors (Lipinski definition) is 1. The molecule has 1 N–H and O–H groups in total. The Bertz CT molecular complexity index is 3420. The van der Waals surface area contributed by atoms with Crippen molar-refractivity contribution in [3.8, 4) is 0 Å². The van der Waals surface area contributed by atoms with E-state index in [0.717, 1.165) is 71.1 Å². The molecule has 8 aromatic rings. The first kappa shape index (κ1) is 63.6. The van der Waals surface area contributed by atoms with Crippen molar-refractivity contribution in [2.75, 3.05) is 46.2 Å². The van der Waals surface area contributed by atoms with Crippen molar-refractivity contribution in [3.05, 3.63) is 130 Å². The molecule has 2 aliphatic rings. The summed E-state index contributed by atoms with van der Waals surface area (Å²) in [5.41, 5.74) is -1.12. The fourth-order valence-corrected chi connectivity index (χ4v) is 10.6. The van der Waals surface area contributed by atoms with E-state index < -0.39 is 47.0 Å². The van der Waals surface area contributed by atoms with Gasteiger partial charge in [-0.3, -0.25) is 0 Å². The van der Waals surface area contributed by atoms with Crippen LogP contribution in [0.4, 0.5) is 76.2 Å². The largest absolute Gasteiger partial charge is 0.416 e. The fourth-order valence-electron chi connectivity index (χ4n) is 10.3. The van der Waals surface area contributed by atoms with Gasteiger partial charge in [0.05, 0.1) is 70.7 Å². The van der Waals surface area contributed by atoms with Crippen molar-refractivity contribution in [1.82, 2.24) is 60.4 Å². The number of aryl methyl sites for hydroxylation is 2. The summed E-state index contributed by atoms with van der Waals surface area (Å²) >= 11 is 3.58. The molecule has 0 unspecified atom stereocenters. The lowest BCUT2D eigenvalue weighted by Crippen LogP contribution is -2.32. The van der Waals surface area contributed by atoms with Crippen LogP contribution in [0.25, 0.3) is 22.1 Å². The van der Waals surface area contributed by atoms with Gasteiger partial charge in [0.1, 0.15) is 5.69 Å². The molecule has 2 saturated carbocycles. The summed E-state index contributed by atoms with van der Waals surface area (Å²) in [4.78, 5) is 27.7. The van der Waals surface area contributed by atoms with E-state index in [-0.39, 0.29) is 54.8 Å². The van der Waals surface area contributed by atoms with Crippen molar-refractivity contribution >= 4 is 61.5 Å². The number of hydrogen-bond acceptors (Lipinski definition) is 14. The van der Waals surface area contributed by atoms with Gasteiger partial charge in [-0.2, -0.15) is 62.3 Å². The average Bonchev–Trinajstić information content (AvgIpc) is 3.92. The van der Waals surface area contributed by atoms with Crippen molar-refractivity contribution in [3.63, 3.8) is 0 Å². The molecule has 85 heavy (non-hydrogen) atoms. The van der Waals surface area contributed by atoms with E-state index in [1.54, 1.807) is 6.07 Å². The number of tetrazole rings is 2. The van der Waals surface area contributed by atoms with Crippen LogP contribution in [0.2, 0.25) is 0 Å². The number of rotatable bonds is 17. The van der Waals surface area contributed by atoms with Gasteiger partial charge in [0.25, 0.3) is 11.9 Å². The summed E-state index contributed by atoms with van der Waals surface area (Å²) < 4.78 is 158. The molecular weight excluding hydrogens is 1200 g/mol. The highest BCUT2D eigenvalue weighted by atomic mass is 79.9. The van der Waals surface area contributed by atoms with E-state index in [0.29, 0.717) is 59.3 Å². The predicted octanol–water partition coefficient (Wildman–Crippen LogP) is 13.8. The number of nitrogens with one attached hydrogen (secondary N) is 1. The van der Waals surface area contributed by atoms with Crippen LogP contribution >= 0.6 is 15.9 Å². The zero-order valence-corrected chi connectivity index (χ0v) is 48.3. The summed E-state index contributed by atoms with van der Waals surface area (Å²) in [5.74, 6) is 3.00. The standard InChI is InChI=1S/C28H30F6N8.C17H22BrN3.C11H9F6N5/c1-3-41(15-18-8-4-5-9-18)25-24(35-22-10-6-7-11-23(22)36-25)17-42(26-37-39-40(2)38-26)16-19-12-20(27(29,30)31)14-21(13-19)28(32,33)34;1-2-21(12-13-7-3-4-8-13)17-16(11-18)19-14-9-5-6-10-15(14)20-17;1-22-20-9(19-21-22)18-5-6-2-7(10(12,13)14)4-8(3-6)11(15,16)17/h6-7,10-14,18H,3-5,8-9,15-17H2,1-2H3;5-6,9-10,13H,2-4,7-8,11-12H2,1H3;2-4H,5H2,1H3,(H,18,20). The molecule has 0 saturated heterocycles. The van der Waals surface area contributed by atoms with Gasteiger partial charge in [-0.1, -0.05) is 76.1 Å². The molecule has 456 valence electrons. The Hall–Kier alpha value is -7.46. The maximum atomic E-state index is 13.6. The van der Waals surface area contributed by atoms with Gasteiger partial charge in [-0.25, -0.2) is 19.9 Å². The lowest BCUT2D eigenvalue weighted by atomic mass is 10.0. The SMILES string of the molecule is CCN(CC1CCCC1)c1nc2ccccc2nc1CBr.CCN(CC1CCCC1)c1nc2ccccc2nc1CN(Cc1cc(C(F)(F)F)cc(C(F)(F)F)c1)c1nnn(C)n1.Cn1nnc(NCc2cc(C(F)(F)F)cc(C(F)(F)F)c2)n1. The van der Waals surface area contributed by atoms with E-state index in [9.17, 15) is 52.7 Å². The quantitative estimate of drug-likeness (QED) is 0.0677. The molecule has 16 nitrogen and oxygen atoms in total. The second-order valence-corrected chi connectivity index (χ2v) is 21.3. The maximum Gasteiger partial charge on any atom is 0.416 e. The smallest absolute Gasteiger partial charge is 0.355 e. The van der Waals surface area contributed by atoms with Gasteiger partial charge in [0.2, 0.25) is 0 Å². The molecule has 10 rings (SSSR count). The van der Waals surface area contributed by atoms with Crippen molar-refractivity contribution < 1.29 is 52.7 Å². The number of halogens is 13. The number of anilines is 4. The van der Waals surface area contributed by atoms with Gasteiger partial charge in [0.15, 0.2) is 11.6 Å². The molecule has 4 aromatic heterocycles. The Labute approximate surface area is 489 Å². The van der Waals surface area contributed by atoms with Gasteiger partial charge in [-0.15, -0.1) is 10.2 Å². The first-order valence-corrected chi connectivity index (χ1v) is 28.5. The van der Waals surface area contributed by atoms with Crippen molar-refractivity contribution in [2.24, 2.45) is 25.9 Å². The Balaban J connectivity index is 0.000000183. The van der Waals surface area contributed by atoms with Crippen LogP contribution in [0, 0.1) is 11.8 Å². The third kappa shape index (κ3) is 17.1. The number of nitrogens with zero attached hydrogens (tertiary/aromatic N) is 15. The zero-order valence-electron chi connectivity index (χ0n) is 46.7. The number of fused-ring (bicyclic) bond motifs is 2. The molecule has 4 aromatic carbocycles. The lowest BCUT2D eigenvalue weighted by molar-refractivity contribution is -0.144. The Kier molecular flexibility index (Phi) is 20.4.